The van der Waals surface area contributed by atoms with E-state index in [0.717, 1.165) is 25.7 Å². The average molecular weight is 268 g/mol. The van der Waals surface area contributed by atoms with Gasteiger partial charge in [0.2, 0.25) is 0 Å². The second kappa shape index (κ2) is 5.80. The first-order chi connectivity index (χ1) is 9.00. The van der Waals surface area contributed by atoms with E-state index in [1.54, 1.807) is 0 Å². The first-order valence-corrected chi connectivity index (χ1v) is 7.27. The molecule has 2 rings (SSSR count). The highest BCUT2D eigenvalue weighted by Gasteiger charge is 2.34. The monoisotopic (exact) mass is 268 g/mol. The van der Waals surface area contributed by atoms with Crippen molar-refractivity contribution in [1.29, 1.82) is 0 Å². The van der Waals surface area contributed by atoms with Crippen LogP contribution in [0.15, 0.2) is 0 Å². The Balaban J connectivity index is 1.76. The Morgan fingerprint density at radius 3 is 2.53 bits per heavy atom. The molecule has 0 heterocycles. The Morgan fingerprint density at radius 2 is 1.89 bits per heavy atom. The third-order valence-corrected chi connectivity index (χ3v) is 4.64. The van der Waals surface area contributed by atoms with E-state index in [9.17, 15) is 9.59 Å². The summed E-state index contributed by atoms with van der Waals surface area (Å²) in [7, 11) is 0. The van der Waals surface area contributed by atoms with E-state index in [2.05, 4.69) is 17.6 Å². The number of amides is 2. The first kappa shape index (κ1) is 14.2. The summed E-state index contributed by atoms with van der Waals surface area (Å²) in [5.74, 6) is -1.22. The van der Waals surface area contributed by atoms with Crippen LogP contribution in [0.1, 0.15) is 51.9 Å². The highest BCUT2D eigenvalue weighted by atomic mass is 16.4. The molecule has 19 heavy (non-hydrogen) atoms. The lowest BCUT2D eigenvalue weighted by molar-refractivity contribution is -0.142. The molecule has 2 saturated carbocycles. The summed E-state index contributed by atoms with van der Waals surface area (Å²) in [6, 6.07) is -0.430. The number of nitrogens with one attached hydrogen (secondary N) is 2. The number of urea groups is 1. The molecular weight excluding hydrogens is 244 g/mol. The van der Waals surface area contributed by atoms with Crippen LogP contribution in [-0.4, -0.2) is 29.7 Å². The minimum absolute atomic E-state index is 0.214. The predicted molar refractivity (Wildman–Crippen MR) is 71.9 cm³/mol. The Labute approximate surface area is 114 Å². The molecule has 2 atom stereocenters. The molecule has 2 unspecified atom stereocenters. The van der Waals surface area contributed by atoms with Gasteiger partial charge in [-0.2, -0.15) is 0 Å². The lowest BCUT2D eigenvalue weighted by Crippen LogP contribution is -2.47. The molecule has 0 saturated heterocycles. The van der Waals surface area contributed by atoms with Crippen LogP contribution >= 0.6 is 0 Å². The van der Waals surface area contributed by atoms with Gasteiger partial charge in [0.05, 0.1) is 5.92 Å². The van der Waals surface area contributed by atoms with Crippen LogP contribution in [0.5, 0.6) is 0 Å². The van der Waals surface area contributed by atoms with Crippen molar-refractivity contribution in [3.05, 3.63) is 0 Å². The summed E-state index contributed by atoms with van der Waals surface area (Å²) in [6.07, 6.45) is 7.11. The third-order valence-electron chi connectivity index (χ3n) is 4.64. The molecule has 5 heteroatoms. The van der Waals surface area contributed by atoms with Crippen LogP contribution in [0.3, 0.4) is 0 Å². The maximum Gasteiger partial charge on any atom is 0.315 e. The third kappa shape index (κ3) is 3.61. The molecule has 2 amide bonds. The minimum atomic E-state index is -0.800. The molecule has 2 aliphatic rings. The van der Waals surface area contributed by atoms with Gasteiger partial charge in [0.25, 0.3) is 0 Å². The maximum absolute atomic E-state index is 11.9. The van der Waals surface area contributed by atoms with Crippen LogP contribution in [0.4, 0.5) is 4.79 Å². The fourth-order valence-electron chi connectivity index (χ4n) is 3.35. The van der Waals surface area contributed by atoms with E-state index >= 15 is 0 Å². The number of rotatable bonds is 4. The summed E-state index contributed by atoms with van der Waals surface area (Å²) >= 11 is 0. The zero-order valence-electron chi connectivity index (χ0n) is 11.6. The Hall–Kier alpha value is -1.26. The van der Waals surface area contributed by atoms with Gasteiger partial charge < -0.3 is 15.7 Å². The molecular formula is C14H24N2O3. The first-order valence-electron chi connectivity index (χ1n) is 7.27. The summed E-state index contributed by atoms with van der Waals surface area (Å²) in [6.45, 7) is 2.89. The van der Waals surface area contributed by atoms with Crippen LogP contribution in [0.25, 0.3) is 0 Å². The number of carbonyl (C=O) groups excluding carboxylic acids is 1. The molecule has 0 aromatic heterocycles. The van der Waals surface area contributed by atoms with Gasteiger partial charge in [-0.15, -0.1) is 0 Å². The fourth-order valence-corrected chi connectivity index (χ4v) is 3.35. The van der Waals surface area contributed by atoms with Crippen molar-refractivity contribution in [2.45, 2.75) is 57.9 Å². The standard InChI is InChI=1S/C14H24N2O3/c1-14(7-2-3-8-14)9-15-13(19)16-11-6-4-5-10(11)12(17)18/h10-11H,2-9H2,1H3,(H,17,18)(H2,15,16,19). The fraction of sp³-hybridized carbons (Fsp3) is 0.857. The second-order valence-electron chi connectivity index (χ2n) is 6.33. The van der Waals surface area contributed by atoms with Crippen molar-refractivity contribution in [3.63, 3.8) is 0 Å². The summed E-state index contributed by atoms with van der Waals surface area (Å²) in [4.78, 5) is 22.9. The molecule has 0 bridgehead atoms. The minimum Gasteiger partial charge on any atom is -0.481 e. The zero-order valence-corrected chi connectivity index (χ0v) is 11.6. The Kier molecular flexibility index (Phi) is 4.32. The SMILES string of the molecule is CC1(CNC(=O)NC2CCCC2C(=O)O)CCCC1. The summed E-state index contributed by atoms with van der Waals surface area (Å²) in [5, 5.41) is 14.8. The van der Waals surface area contributed by atoms with Gasteiger partial charge in [-0.3, -0.25) is 4.79 Å². The molecule has 0 aromatic carbocycles. The molecule has 2 aliphatic carbocycles. The number of hydrogen-bond acceptors (Lipinski definition) is 2. The van der Waals surface area contributed by atoms with E-state index in [-0.39, 0.29) is 17.5 Å². The van der Waals surface area contributed by atoms with Crippen molar-refractivity contribution in [2.75, 3.05) is 6.54 Å². The number of carboxylic acid groups (broad SMARTS) is 1. The normalized spacial score (nSPS) is 29.1. The van der Waals surface area contributed by atoms with Gasteiger partial charge in [-0.25, -0.2) is 4.79 Å². The second-order valence-corrected chi connectivity index (χ2v) is 6.33. The zero-order chi connectivity index (χ0) is 13.9. The molecule has 2 fully saturated rings. The number of carboxylic acids is 1. The number of hydrogen-bond donors (Lipinski definition) is 3. The quantitative estimate of drug-likeness (QED) is 0.730. The van der Waals surface area contributed by atoms with Gasteiger partial charge in [-0.1, -0.05) is 26.2 Å². The van der Waals surface area contributed by atoms with Crippen molar-refractivity contribution >= 4 is 12.0 Å². The lowest BCUT2D eigenvalue weighted by Gasteiger charge is -2.25. The molecule has 0 radical (unpaired) electrons. The molecule has 0 aromatic rings. The summed E-state index contributed by atoms with van der Waals surface area (Å²) < 4.78 is 0. The van der Waals surface area contributed by atoms with Crippen molar-refractivity contribution in [1.82, 2.24) is 10.6 Å². The van der Waals surface area contributed by atoms with Crippen molar-refractivity contribution in [3.8, 4) is 0 Å². The van der Waals surface area contributed by atoms with E-state index < -0.39 is 11.9 Å². The van der Waals surface area contributed by atoms with Crippen LogP contribution in [-0.2, 0) is 4.79 Å². The molecule has 0 aliphatic heterocycles. The highest BCUT2D eigenvalue weighted by Crippen LogP contribution is 2.36. The topological polar surface area (TPSA) is 78.4 Å². The van der Waals surface area contributed by atoms with Gasteiger partial charge in [0.15, 0.2) is 0 Å². The molecule has 3 N–H and O–H groups in total. The predicted octanol–water partition coefficient (Wildman–Crippen LogP) is 2.12. The van der Waals surface area contributed by atoms with Crippen molar-refractivity contribution in [2.24, 2.45) is 11.3 Å². The van der Waals surface area contributed by atoms with Crippen LogP contribution in [0, 0.1) is 11.3 Å². The van der Waals surface area contributed by atoms with Crippen LogP contribution < -0.4 is 10.6 Å². The van der Waals surface area contributed by atoms with Crippen LogP contribution in [0.2, 0.25) is 0 Å². The van der Waals surface area contributed by atoms with E-state index in [0.29, 0.717) is 13.0 Å². The van der Waals surface area contributed by atoms with E-state index in [4.69, 9.17) is 5.11 Å². The Bertz CT molecular complexity index is 351. The molecule has 5 nitrogen and oxygen atoms in total. The lowest BCUT2D eigenvalue weighted by atomic mass is 9.89. The van der Waals surface area contributed by atoms with Gasteiger partial charge >= 0.3 is 12.0 Å². The average Bonchev–Trinajstić information content (AvgIpc) is 2.96. The Morgan fingerprint density at radius 1 is 1.21 bits per heavy atom. The highest BCUT2D eigenvalue weighted by molar-refractivity contribution is 5.77. The molecule has 108 valence electrons. The molecule has 0 spiro atoms. The van der Waals surface area contributed by atoms with Gasteiger partial charge in [0, 0.05) is 12.6 Å². The largest absolute Gasteiger partial charge is 0.481 e. The van der Waals surface area contributed by atoms with Crippen molar-refractivity contribution < 1.29 is 14.7 Å². The summed E-state index contributed by atoms with van der Waals surface area (Å²) in [5.41, 5.74) is 0.221. The number of carbonyl (C=O) groups is 2. The van der Waals surface area contributed by atoms with E-state index in [1.165, 1.54) is 12.8 Å². The smallest absolute Gasteiger partial charge is 0.315 e. The maximum atomic E-state index is 11.9. The van der Waals surface area contributed by atoms with E-state index in [1.807, 2.05) is 0 Å². The van der Waals surface area contributed by atoms with Gasteiger partial charge in [-0.05, 0) is 31.1 Å². The van der Waals surface area contributed by atoms with Gasteiger partial charge in [0.1, 0.15) is 0 Å². The number of aliphatic carboxylic acids is 1.